The summed E-state index contributed by atoms with van der Waals surface area (Å²) in [5.41, 5.74) is 0.885. The molecular weight excluding hydrogens is 364 g/mol. The third-order valence-corrected chi connectivity index (χ3v) is 3.56. The van der Waals surface area contributed by atoms with E-state index in [0.29, 0.717) is 17.0 Å². The van der Waals surface area contributed by atoms with Gasteiger partial charge in [-0.25, -0.2) is 0 Å². The molecule has 0 aliphatic rings. The minimum atomic E-state index is -1.37. The molecule has 0 unspecified atom stereocenters. The van der Waals surface area contributed by atoms with Crippen LogP contribution in [0.1, 0.15) is 5.56 Å². The Bertz CT molecular complexity index is 929. The fourth-order valence-electron chi connectivity index (χ4n) is 2.22. The third-order valence-electron chi connectivity index (χ3n) is 3.56. The Morgan fingerprint density at radius 1 is 1.11 bits per heavy atom. The Kier molecular flexibility index (Phi) is 6.99. The number of rotatable bonds is 8. The van der Waals surface area contributed by atoms with E-state index >= 15 is 0 Å². The fourth-order valence-corrected chi connectivity index (χ4v) is 2.22. The number of carbonyl (C=O) groups is 2. The van der Waals surface area contributed by atoms with Gasteiger partial charge in [0.1, 0.15) is 24.0 Å². The molecule has 28 heavy (non-hydrogen) atoms. The van der Waals surface area contributed by atoms with Gasteiger partial charge in [-0.15, -0.1) is 0 Å². The summed E-state index contributed by atoms with van der Waals surface area (Å²) in [6.07, 6.45) is 1.38. The summed E-state index contributed by atoms with van der Waals surface area (Å²) in [5, 5.41) is 22.5. The van der Waals surface area contributed by atoms with Gasteiger partial charge in [0.2, 0.25) is 0 Å². The number of aliphatic carboxylic acids is 1. The first-order chi connectivity index (χ1) is 13.5. The average Bonchev–Trinajstić information content (AvgIpc) is 2.71. The second kappa shape index (κ2) is 9.64. The van der Waals surface area contributed by atoms with E-state index in [2.05, 4.69) is 5.32 Å². The maximum Gasteiger partial charge on any atom is 0.266 e. The second-order valence-electron chi connectivity index (χ2n) is 5.42. The van der Waals surface area contributed by atoms with E-state index < -0.39 is 18.5 Å². The van der Waals surface area contributed by atoms with Gasteiger partial charge in [-0.3, -0.25) is 4.79 Å². The van der Waals surface area contributed by atoms with E-state index in [1.54, 1.807) is 30.3 Å². The Morgan fingerprint density at radius 2 is 1.82 bits per heavy atom. The number of nitriles is 1. The average molecular weight is 381 g/mol. The van der Waals surface area contributed by atoms with Crippen LogP contribution in [0.5, 0.6) is 17.2 Å². The fraction of sp³-hybridized carbons (Fsp3) is 0.150. The molecule has 0 atom stereocenters. The van der Waals surface area contributed by atoms with E-state index in [-0.39, 0.29) is 17.1 Å². The standard InChI is InChI=1S/C20H18N2O6/c1-26-16-6-4-15(5-7-16)22-20(25)14(11-21)9-13-3-8-17(18(10-13)27-2)28-12-19(23)24/h3-10H,12H2,1-2H3,(H,22,25)(H,23,24)/p-1/b14-9-. The zero-order valence-electron chi connectivity index (χ0n) is 15.2. The summed E-state index contributed by atoms with van der Waals surface area (Å²) in [7, 11) is 2.92. The first-order valence-corrected chi connectivity index (χ1v) is 8.04. The van der Waals surface area contributed by atoms with Gasteiger partial charge in [-0.05, 0) is 48.0 Å². The lowest BCUT2D eigenvalue weighted by molar-refractivity contribution is -0.307. The van der Waals surface area contributed by atoms with Crippen LogP contribution in [0.25, 0.3) is 6.08 Å². The second-order valence-corrected chi connectivity index (χ2v) is 5.42. The van der Waals surface area contributed by atoms with Crippen molar-refractivity contribution in [3.63, 3.8) is 0 Å². The minimum Gasteiger partial charge on any atom is -0.546 e. The normalized spacial score (nSPS) is 10.5. The molecule has 8 nitrogen and oxygen atoms in total. The molecule has 1 N–H and O–H groups in total. The lowest BCUT2D eigenvalue weighted by Gasteiger charge is -2.11. The third kappa shape index (κ3) is 5.51. The predicted octanol–water partition coefficient (Wildman–Crippen LogP) is 1.38. The Labute approximate surface area is 161 Å². The van der Waals surface area contributed by atoms with E-state index in [9.17, 15) is 20.0 Å². The molecular formula is C20H17N2O6-. The minimum absolute atomic E-state index is 0.124. The molecule has 0 radical (unpaired) electrons. The Balaban J connectivity index is 2.18. The van der Waals surface area contributed by atoms with Crippen molar-refractivity contribution in [1.29, 1.82) is 5.26 Å². The maximum absolute atomic E-state index is 12.3. The van der Waals surface area contributed by atoms with Crippen LogP contribution >= 0.6 is 0 Å². The Hall–Kier alpha value is -3.99. The largest absolute Gasteiger partial charge is 0.546 e. The Morgan fingerprint density at radius 3 is 2.39 bits per heavy atom. The number of ether oxygens (including phenoxy) is 3. The first kappa shape index (κ1) is 20.3. The van der Waals surface area contributed by atoms with Gasteiger partial charge in [0.05, 0.1) is 20.2 Å². The highest BCUT2D eigenvalue weighted by Crippen LogP contribution is 2.29. The molecule has 2 aromatic rings. The topological polar surface area (TPSA) is 121 Å². The summed E-state index contributed by atoms with van der Waals surface area (Å²) in [5.74, 6) is -0.855. The summed E-state index contributed by atoms with van der Waals surface area (Å²) in [4.78, 5) is 22.9. The molecule has 0 fully saturated rings. The number of hydrogen-bond acceptors (Lipinski definition) is 7. The van der Waals surface area contributed by atoms with Crippen LogP contribution in [0.4, 0.5) is 5.69 Å². The van der Waals surface area contributed by atoms with Crippen molar-refractivity contribution in [1.82, 2.24) is 0 Å². The van der Waals surface area contributed by atoms with E-state index in [1.807, 2.05) is 6.07 Å². The number of carboxylic acids is 1. The van der Waals surface area contributed by atoms with Crippen molar-refractivity contribution in [3.05, 3.63) is 53.6 Å². The number of carbonyl (C=O) groups excluding carboxylic acids is 2. The van der Waals surface area contributed by atoms with Crippen LogP contribution in [-0.4, -0.2) is 32.7 Å². The smallest absolute Gasteiger partial charge is 0.266 e. The number of nitrogens with zero attached hydrogens (tertiary/aromatic N) is 1. The van der Waals surface area contributed by atoms with Crippen molar-refractivity contribution in [2.45, 2.75) is 0 Å². The molecule has 0 aromatic heterocycles. The number of benzene rings is 2. The lowest BCUT2D eigenvalue weighted by Crippen LogP contribution is -2.29. The zero-order valence-corrected chi connectivity index (χ0v) is 15.2. The van der Waals surface area contributed by atoms with Gasteiger partial charge in [0.15, 0.2) is 11.5 Å². The zero-order chi connectivity index (χ0) is 20.5. The molecule has 2 aromatic carbocycles. The first-order valence-electron chi connectivity index (χ1n) is 8.04. The predicted molar refractivity (Wildman–Crippen MR) is 98.7 cm³/mol. The van der Waals surface area contributed by atoms with E-state index in [0.717, 1.165) is 0 Å². The molecule has 144 valence electrons. The molecule has 0 saturated carbocycles. The van der Waals surface area contributed by atoms with E-state index in [4.69, 9.17) is 14.2 Å². The number of hydrogen-bond donors (Lipinski definition) is 1. The van der Waals surface area contributed by atoms with Crippen LogP contribution in [0.3, 0.4) is 0 Å². The van der Waals surface area contributed by atoms with Crippen molar-refractivity contribution < 1.29 is 28.9 Å². The van der Waals surface area contributed by atoms with Crippen LogP contribution in [0, 0.1) is 11.3 Å². The van der Waals surface area contributed by atoms with Crippen molar-refractivity contribution in [3.8, 4) is 23.3 Å². The van der Waals surface area contributed by atoms with Gasteiger partial charge >= 0.3 is 0 Å². The van der Waals surface area contributed by atoms with Crippen LogP contribution in [0.2, 0.25) is 0 Å². The highest BCUT2D eigenvalue weighted by molar-refractivity contribution is 6.09. The van der Waals surface area contributed by atoms with Gasteiger partial charge in [0, 0.05) is 5.69 Å². The van der Waals surface area contributed by atoms with E-state index in [1.165, 1.54) is 32.4 Å². The molecule has 8 heteroatoms. The molecule has 2 rings (SSSR count). The molecule has 1 amide bonds. The molecule has 0 bridgehead atoms. The number of anilines is 1. The summed E-state index contributed by atoms with van der Waals surface area (Å²) >= 11 is 0. The maximum atomic E-state index is 12.3. The number of nitrogens with one attached hydrogen (secondary N) is 1. The number of carboxylic acid groups (broad SMARTS) is 1. The quantitative estimate of drug-likeness (QED) is 0.541. The number of methoxy groups -OCH3 is 2. The highest BCUT2D eigenvalue weighted by Gasteiger charge is 2.11. The summed E-state index contributed by atoms with van der Waals surface area (Å²) < 4.78 is 15.3. The van der Waals surface area contributed by atoms with Gasteiger partial charge in [-0.2, -0.15) is 5.26 Å². The summed E-state index contributed by atoms with van der Waals surface area (Å²) in [6, 6.07) is 13.1. The highest BCUT2D eigenvalue weighted by atomic mass is 16.5. The molecule has 0 saturated heterocycles. The van der Waals surface area contributed by atoms with Gasteiger partial charge < -0.3 is 29.4 Å². The molecule has 0 aliphatic carbocycles. The van der Waals surface area contributed by atoms with Crippen molar-refractivity contribution in [2.75, 3.05) is 26.1 Å². The molecule has 0 aliphatic heterocycles. The summed E-state index contributed by atoms with van der Waals surface area (Å²) in [6.45, 7) is -0.626. The van der Waals surface area contributed by atoms with Crippen molar-refractivity contribution >= 4 is 23.6 Å². The van der Waals surface area contributed by atoms with Crippen LogP contribution < -0.4 is 24.6 Å². The van der Waals surface area contributed by atoms with Crippen LogP contribution in [-0.2, 0) is 9.59 Å². The number of amides is 1. The van der Waals surface area contributed by atoms with Crippen LogP contribution in [0.15, 0.2) is 48.0 Å². The lowest BCUT2D eigenvalue weighted by atomic mass is 10.1. The monoisotopic (exact) mass is 381 g/mol. The van der Waals surface area contributed by atoms with Crippen molar-refractivity contribution in [2.24, 2.45) is 0 Å². The SMILES string of the molecule is COc1ccc(NC(=O)/C(C#N)=C\c2ccc(OCC(=O)[O-])c(OC)c2)cc1. The molecule has 0 heterocycles. The molecule has 0 spiro atoms. The van der Waals surface area contributed by atoms with Gasteiger partial charge in [0.25, 0.3) is 5.91 Å². The van der Waals surface area contributed by atoms with Gasteiger partial charge in [-0.1, -0.05) is 6.07 Å².